The molecule has 0 fully saturated rings. The Morgan fingerprint density at radius 3 is 2.79 bits per heavy atom. The van der Waals surface area contributed by atoms with Crippen LogP contribution in [-0.4, -0.2) is 17.8 Å². The molecule has 1 unspecified atom stereocenters. The van der Waals surface area contributed by atoms with Crippen LogP contribution in [0.1, 0.15) is 18.9 Å². The van der Waals surface area contributed by atoms with E-state index in [4.69, 9.17) is 16.7 Å². The van der Waals surface area contributed by atoms with Gasteiger partial charge in [-0.15, -0.1) is 0 Å². The summed E-state index contributed by atoms with van der Waals surface area (Å²) < 4.78 is 0. The summed E-state index contributed by atoms with van der Waals surface area (Å²) in [6.07, 6.45) is 0.768. The van der Waals surface area contributed by atoms with Crippen molar-refractivity contribution in [2.24, 2.45) is 0 Å². The molecule has 0 radical (unpaired) electrons. The zero-order valence-electron chi connectivity index (χ0n) is 8.33. The quantitative estimate of drug-likeness (QED) is 0.786. The first-order valence-corrected chi connectivity index (χ1v) is 5.19. The Hall–Kier alpha value is -0.570. The molecule has 0 aliphatic carbocycles. The third kappa shape index (κ3) is 3.66. The first-order valence-electron chi connectivity index (χ1n) is 4.81. The third-order valence-electron chi connectivity index (χ3n) is 2.16. The van der Waals surface area contributed by atoms with Crippen LogP contribution in [0, 0.1) is 0 Å². The number of nitrogens with one attached hydrogen (secondary N) is 1. The summed E-state index contributed by atoms with van der Waals surface area (Å²) in [4.78, 5) is 0. The molecule has 14 heavy (non-hydrogen) atoms. The topological polar surface area (TPSA) is 32.3 Å². The molecule has 1 aromatic carbocycles. The van der Waals surface area contributed by atoms with Gasteiger partial charge in [0.1, 0.15) is 0 Å². The van der Waals surface area contributed by atoms with Crippen LogP contribution in [0.15, 0.2) is 24.3 Å². The van der Waals surface area contributed by atoms with Crippen LogP contribution < -0.4 is 5.32 Å². The smallest absolute Gasteiger partial charge is 0.0450 e. The molecule has 1 atom stereocenters. The van der Waals surface area contributed by atoms with Crippen LogP contribution in [0.5, 0.6) is 0 Å². The van der Waals surface area contributed by atoms with E-state index in [0.717, 1.165) is 23.6 Å². The van der Waals surface area contributed by atoms with Crippen molar-refractivity contribution < 1.29 is 5.11 Å². The fraction of sp³-hybridized carbons (Fsp3) is 0.455. The van der Waals surface area contributed by atoms with Crippen LogP contribution in [-0.2, 0) is 6.54 Å². The third-order valence-corrected chi connectivity index (χ3v) is 2.53. The minimum absolute atomic E-state index is 0.219. The van der Waals surface area contributed by atoms with Crippen molar-refractivity contribution in [2.75, 3.05) is 6.61 Å². The number of halogens is 1. The number of aliphatic hydroxyl groups is 1. The van der Waals surface area contributed by atoms with Crippen LogP contribution >= 0.6 is 11.6 Å². The number of aliphatic hydroxyl groups excluding tert-OH is 1. The highest BCUT2D eigenvalue weighted by Gasteiger charge is 2.02. The van der Waals surface area contributed by atoms with Gasteiger partial charge in [0.25, 0.3) is 0 Å². The maximum Gasteiger partial charge on any atom is 0.0450 e. The van der Waals surface area contributed by atoms with Crippen molar-refractivity contribution in [3.63, 3.8) is 0 Å². The van der Waals surface area contributed by atoms with Gasteiger partial charge in [-0.2, -0.15) is 0 Å². The molecule has 78 valence electrons. The molecule has 2 nitrogen and oxygen atoms in total. The normalized spacial score (nSPS) is 12.8. The number of hydrogen-bond acceptors (Lipinski definition) is 2. The van der Waals surface area contributed by atoms with E-state index in [1.165, 1.54) is 0 Å². The first kappa shape index (κ1) is 11.5. The Morgan fingerprint density at radius 2 is 2.14 bits per heavy atom. The van der Waals surface area contributed by atoms with E-state index < -0.39 is 0 Å². The molecule has 0 amide bonds. The molecule has 0 aromatic heterocycles. The first-order chi connectivity index (χ1) is 6.74. The summed E-state index contributed by atoms with van der Waals surface area (Å²) in [6, 6.07) is 8.09. The number of hydrogen-bond donors (Lipinski definition) is 2. The van der Waals surface area contributed by atoms with Crippen LogP contribution in [0.2, 0.25) is 5.02 Å². The van der Waals surface area contributed by atoms with Gasteiger partial charge in [-0.05, 0) is 25.0 Å². The average molecular weight is 214 g/mol. The minimum atomic E-state index is 0.219. The predicted octanol–water partition coefficient (Wildman–Crippen LogP) is 2.20. The van der Waals surface area contributed by atoms with Crippen molar-refractivity contribution in [2.45, 2.75) is 25.9 Å². The van der Waals surface area contributed by atoms with E-state index in [9.17, 15) is 0 Å². The minimum Gasteiger partial charge on any atom is -0.396 e. The lowest BCUT2D eigenvalue weighted by molar-refractivity contribution is 0.268. The SMILES string of the molecule is CC(CCO)NCc1ccccc1Cl. The highest BCUT2D eigenvalue weighted by Crippen LogP contribution is 2.14. The van der Waals surface area contributed by atoms with Crippen molar-refractivity contribution in [1.82, 2.24) is 5.32 Å². The lowest BCUT2D eigenvalue weighted by Gasteiger charge is -2.12. The molecule has 3 heteroatoms. The van der Waals surface area contributed by atoms with Crippen molar-refractivity contribution in [3.8, 4) is 0 Å². The molecule has 0 spiro atoms. The Bertz CT molecular complexity index is 278. The maximum absolute atomic E-state index is 8.72. The van der Waals surface area contributed by atoms with Crippen LogP contribution in [0.3, 0.4) is 0 Å². The van der Waals surface area contributed by atoms with E-state index in [0.29, 0.717) is 6.04 Å². The highest BCUT2D eigenvalue weighted by atomic mass is 35.5. The molecule has 0 bridgehead atoms. The molecule has 0 aliphatic rings. The number of benzene rings is 1. The molecule has 2 N–H and O–H groups in total. The zero-order chi connectivity index (χ0) is 10.4. The molecule has 0 aliphatic heterocycles. The van der Waals surface area contributed by atoms with Gasteiger partial charge >= 0.3 is 0 Å². The summed E-state index contributed by atoms with van der Waals surface area (Å²) in [5.74, 6) is 0. The molecule has 0 heterocycles. The lowest BCUT2D eigenvalue weighted by atomic mass is 10.2. The van der Waals surface area contributed by atoms with Gasteiger partial charge in [0, 0.05) is 24.2 Å². The molecule has 0 saturated heterocycles. The van der Waals surface area contributed by atoms with Gasteiger partial charge in [-0.1, -0.05) is 29.8 Å². The zero-order valence-corrected chi connectivity index (χ0v) is 9.09. The predicted molar refractivity (Wildman–Crippen MR) is 59.5 cm³/mol. The Labute approximate surface area is 89.9 Å². The van der Waals surface area contributed by atoms with Gasteiger partial charge < -0.3 is 10.4 Å². The Balaban J connectivity index is 2.41. The standard InChI is InChI=1S/C11H16ClNO/c1-9(6-7-14)13-8-10-4-2-3-5-11(10)12/h2-5,9,13-14H,6-8H2,1H3. The second-order valence-electron chi connectivity index (χ2n) is 3.39. The fourth-order valence-corrected chi connectivity index (χ4v) is 1.42. The largest absolute Gasteiger partial charge is 0.396 e. The second kappa shape index (κ2) is 6.02. The van der Waals surface area contributed by atoms with E-state index in [-0.39, 0.29) is 6.61 Å². The summed E-state index contributed by atoms with van der Waals surface area (Å²) >= 11 is 6.00. The molecule has 1 aromatic rings. The molecular weight excluding hydrogens is 198 g/mol. The summed E-state index contributed by atoms with van der Waals surface area (Å²) in [5.41, 5.74) is 1.10. The van der Waals surface area contributed by atoms with Crippen molar-refractivity contribution in [1.29, 1.82) is 0 Å². The molecular formula is C11H16ClNO. The van der Waals surface area contributed by atoms with Crippen LogP contribution in [0.25, 0.3) is 0 Å². The van der Waals surface area contributed by atoms with E-state index in [1.54, 1.807) is 0 Å². The van der Waals surface area contributed by atoms with Gasteiger partial charge in [0.05, 0.1) is 0 Å². The Morgan fingerprint density at radius 1 is 1.43 bits per heavy atom. The highest BCUT2D eigenvalue weighted by molar-refractivity contribution is 6.31. The summed E-state index contributed by atoms with van der Waals surface area (Å²) in [7, 11) is 0. The van der Waals surface area contributed by atoms with E-state index in [2.05, 4.69) is 5.32 Å². The van der Waals surface area contributed by atoms with Crippen molar-refractivity contribution >= 4 is 11.6 Å². The van der Waals surface area contributed by atoms with Crippen molar-refractivity contribution in [3.05, 3.63) is 34.9 Å². The molecule has 0 saturated carbocycles. The van der Waals surface area contributed by atoms with E-state index in [1.807, 2.05) is 31.2 Å². The fourth-order valence-electron chi connectivity index (χ4n) is 1.22. The summed E-state index contributed by atoms with van der Waals surface area (Å²) in [5, 5.41) is 12.8. The lowest BCUT2D eigenvalue weighted by Crippen LogP contribution is -2.26. The van der Waals surface area contributed by atoms with Gasteiger partial charge in [-0.25, -0.2) is 0 Å². The van der Waals surface area contributed by atoms with Crippen LogP contribution in [0.4, 0.5) is 0 Å². The average Bonchev–Trinajstić information content (AvgIpc) is 2.17. The maximum atomic E-state index is 8.72. The molecule has 1 rings (SSSR count). The Kier molecular flexibility index (Phi) is 4.94. The second-order valence-corrected chi connectivity index (χ2v) is 3.79. The van der Waals surface area contributed by atoms with E-state index >= 15 is 0 Å². The van der Waals surface area contributed by atoms with Gasteiger partial charge in [0.2, 0.25) is 0 Å². The van der Waals surface area contributed by atoms with Gasteiger partial charge in [-0.3, -0.25) is 0 Å². The van der Waals surface area contributed by atoms with Gasteiger partial charge in [0.15, 0.2) is 0 Å². The summed E-state index contributed by atoms with van der Waals surface area (Å²) in [6.45, 7) is 3.02. The monoisotopic (exact) mass is 213 g/mol. The number of rotatable bonds is 5.